The Morgan fingerprint density at radius 1 is 1.00 bits per heavy atom. The Morgan fingerprint density at radius 2 is 1.78 bits per heavy atom. The molecule has 0 saturated carbocycles. The number of hydrogen-bond acceptors (Lipinski definition) is 5. The van der Waals surface area contributed by atoms with Crippen molar-refractivity contribution in [3.05, 3.63) is 35.9 Å². The van der Waals surface area contributed by atoms with E-state index < -0.39 is 5.97 Å². The number of carbonyl (C=O) groups excluding carboxylic acids is 1. The second kappa shape index (κ2) is 14.7. The van der Waals surface area contributed by atoms with Gasteiger partial charge in [-0.1, -0.05) is 57.6 Å². The number of carboxylic acids is 1. The SMILES string of the molecule is CCCCC[C@H]1O[C@H]1CC=CCCCCCCCC(=O)Oc1ccc(C(=O)O)cc1OC. The summed E-state index contributed by atoms with van der Waals surface area (Å²) in [6.45, 7) is 2.23. The van der Waals surface area contributed by atoms with Crippen LogP contribution >= 0.6 is 0 Å². The summed E-state index contributed by atoms with van der Waals surface area (Å²) < 4.78 is 16.1. The zero-order chi connectivity index (χ0) is 23.2. The van der Waals surface area contributed by atoms with Crippen molar-refractivity contribution in [2.24, 2.45) is 0 Å². The van der Waals surface area contributed by atoms with Crippen molar-refractivity contribution in [2.75, 3.05) is 7.11 Å². The van der Waals surface area contributed by atoms with Gasteiger partial charge in [0, 0.05) is 6.42 Å². The van der Waals surface area contributed by atoms with E-state index in [1.807, 2.05) is 0 Å². The largest absolute Gasteiger partial charge is 0.493 e. The minimum atomic E-state index is -1.06. The van der Waals surface area contributed by atoms with Gasteiger partial charge in [-0.05, 0) is 50.3 Å². The lowest BCUT2D eigenvalue weighted by Gasteiger charge is -2.10. The predicted molar refractivity (Wildman–Crippen MR) is 124 cm³/mol. The van der Waals surface area contributed by atoms with E-state index in [4.69, 9.17) is 19.3 Å². The van der Waals surface area contributed by atoms with Crippen LogP contribution in [0.15, 0.2) is 30.4 Å². The number of unbranched alkanes of at least 4 members (excludes halogenated alkanes) is 7. The Balaban J connectivity index is 1.47. The summed E-state index contributed by atoms with van der Waals surface area (Å²) in [7, 11) is 1.42. The van der Waals surface area contributed by atoms with E-state index in [9.17, 15) is 9.59 Å². The van der Waals surface area contributed by atoms with Gasteiger partial charge in [-0.15, -0.1) is 0 Å². The predicted octanol–water partition coefficient (Wildman–Crippen LogP) is 6.32. The molecule has 1 aromatic rings. The summed E-state index contributed by atoms with van der Waals surface area (Å²) in [5.74, 6) is -0.894. The Kier molecular flexibility index (Phi) is 11.9. The molecule has 2 atom stereocenters. The number of methoxy groups -OCH3 is 1. The Morgan fingerprint density at radius 3 is 2.53 bits per heavy atom. The molecule has 0 aliphatic carbocycles. The summed E-state index contributed by atoms with van der Waals surface area (Å²) in [4.78, 5) is 23.1. The number of ether oxygens (including phenoxy) is 3. The molecule has 0 amide bonds. The Hall–Kier alpha value is -2.34. The minimum Gasteiger partial charge on any atom is -0.493 e. The molecule has 0 radical (unpaired) electrons. The molecule has 1 heterocycles. The summed E-state index contributed by atoms with van der Waals surface area (Å²) in [6.07, 6.45) is 18.2. The molecule has 0 unspecified atom stereocenters. The van der Waals surface area contributed by atoms with Crippen LogP contribution in [0.1, 0.15) is 94.3 Å². The number of carboxylic acid groups (broad SMARTS) is 1. The van der Waals surface area contributed by atoms with Crippen LogP contribution in [0.4, 0.5) is 0 Å². The van der Waals surface area contributed by atoms with Crippen LogP contribution in [0.2, 0.25) is 0 Å². The van der Waals surface area contributed by atoms with Crippen LogP contribution in [0, 0.1) is 0 Å². The number of hydrogen-bond donors (Lipinski definition) is 1. The van der Waals surface area contributed by atoms with Gasteiger partial charge in [-0.3, -0.25) is 4.79 Å². The molecule has 1 aliphatic heterocycles. The first-order valence-corrected chi connectivity index (χ1v) is 12.0. The second-order valence-corrected chi connectivity index (χ2v) is 8.37. The first kappa shape index (κ1) is 25.9. The molecule has 1 aliphatic rings. The van der Waals surface area contributed by atoms with Gasteiger partial charge in [0.25, 0.3) is 0 Å². The summed E-state index contributed by atoms with van der Waals surface area (Å²) >= 11 is 0. The normalized spacial score (nSPS) is 17.4. The van der Waals surface area contributed by atoms with Crippen molar-refractivity contribution in [3.63, 3.8) is 0 Å². The van der Waals surface area contributed by atoms with Gasteiger partial charge in [-0.2, -0.15) is 0 Å². The first-order valence-electron chi connectivity index (χ1n) is 12.0. The zero-order valence-electron chi connectivity index (χ0n) is 19.5. The number of esters is 1. The smallest absolute Gasteiger partial charge is 0.335 e. The topological polar surface area (TPSA) is 85.4 Å². The summed E-state index contributed by atoms with van der Waals surface area (Å²) in [6, 6.07) is 4.20. The molecular formula is C26H38O6. The van der Waals surface area contributed by atoms with Crippen molar-refractivity contribution in [3.8, 4) is 11.5 Å². The highest BCUT2D eigenvalue weighted by Gasteiger charge is 2.36. The van der Waals surface area contributed by atoms with Crippen LogP contribution in [0.5, 0.6) is 11.5 Å². The van der Waals surface area contributed by atoms with Gasteiger partial charge in [0.1, 0.15) is 0 Å². The molecule has 0 aromatic heterocycles. The monoisotopic (exact) mass is 446 g/mol. The number of allylic oxidation sites excluding steroid dienone is 1. The van der Waals surface area contributed by atoms with Crippen LogP contribution in [0.3, 0.4) is 0 Å². The van der Waals surface area contributed by atoms with Crippen LogP contribution < -0.4 is 9.47 Å². The summed E-state index contributed by atoms with van der Waals surface area (Å²) in [5.41, 5.74) is 0.0870. The fourth-order valence-corrected chi connectivity index (χ4v) is 3.70. The van der Waals surface area contributed by atoms with Gasteiger partial charge < -0.3 is 19.3 Å². The highest BCUT2D eigenvalue weighted by molar-refractivity contribution is 5.88. The lowest BCUT2D eigenvalue weighted by molar-refractivity contribution is -0.134. The quantitative estimate of drug-likeness (QED) is 0.0990. The van der Waals surface area contributed by atoms with E-state index in [-0.39, 0.29) is 23.0 Å². The molecule has 1 fully saturated rings. The molecule has 32 heavy (non-hydrogen) atoms. The van der Waals surface area contributed by atoms with Gasteiger partial charge >= 0.3 is 11.9 Å². The molecule has 0 bridgehead atoms. The Labute approximate surface area is 191 Å². The lowest BCUT2D eigenvalue weighted by atomic mass is 10.1. The van der Waals surface area contributed by atoms with Gasteiger partial charge in [0.05, 0.1) is 24.9 Å². The number of aromatic carboxylic acids is 1. The highest BCUT2D eigenvalue weighted by atomic mass is 16.6. The van der Waals surface area contributed by atoms with Crippen molar-refractivity contribution >= 4 is 11.9 Å². The molecule has 0 spiro atoms. The maximum absolute atomic E-state index is 12.0. The Bertz CT molecular complexity index is 742. The van der Waals surface area contributed by atoms with E-state index in [1.165, 1.54) is 57.4 Å². The third-order valence-electron chi connectivity index (χ3n) is 5.70. The second-order valence-electron chi connectivity index (χ2n) is 8.37. The fourth-order valence-electron chi connectivity index (χ4n) is 3.70. The van der Waals surface area contributed by atoms with Crippen molar-refractivity contribution < 1.29 is 28.9 Å². The average Bonchev–Trinajstić information content (AvgIpc) is 3.53. The number of carbonyl (C=O) groups is 2. The molecule has 1 aromatic carbocycles. The molecule has 1 N–H and O–H groups in total. The van der Waals surface area contributed by atoms with E-state index in [1.54, 1.807) is 0 Å². The fraction of sp³-hybridized carbons (Fsp3) is 0.615. The third kappa shape index (κ3) is 9.86. The molecule has 6 nitrogen and oxygen atoms in total. The lowest BCUT2D eigenvalue weighted by Crippen LogP contribution is -2.09. The van der Waals surface area contributed by atoms with Gasteiger partial charge in [-0.25, -0.2) is 4.79 Å². The molecular weight excluding hydrogens is 408 g/mol. The maximum Gasteiger partial charge on any atom is 0.335 e. The van der Waals surface area contributed by atoms with E-state index >= 15 is 0 Å². The summed E-state index contributed by atoms with van der Waals surface area (Å²) in [5, 5.41) is 9.02. The van der Waals surface area contributed by atoms with Crippen molar-refractivity contribution in [1.82, 2.24) is 0 Å². The zero-order valence-corrected chi connectivity index (χ0v) is 19.5. The molecule has 1 saturated heterocycles. The maximum atomic E-state index is 12.0. The van der Waals surface area contributed by atoms with Crippen LogP contribution in [0.25, 0.3) is 0 Å². The van der Waals surface area contributed by atoms with Crippen molar-refractivity contribution in [2.45, 2.75) is 96.2 Å². The van der Waals surface area contributed by atoms with E-state index in [0.717, 1.165) is 38.5 Å². The molecule has 6 heteroatoms. The average molecular weight is 447 g/mol. The standard InChI is InChI=1S/C26H38O6/c1-3-4-11-14-21-22(31-21)15-12-9-7-5-6-8-10-13-16-25(27)32-23-18-17-20(26(28)29)19-24(23)30-2/h9,12,17-19,21-22H,3-8,10-11,13-16H2,1-2H3,(H,28,29)/t21-,22+/m1/s1. The van der Waals surface area contributed by atoms with E-state index in [0.29, 0.717) is 18.6 Å². The molecule has 2 rings (SSSR count). The third-order valence-corrected chi connectivity index (χ3v) is 5.70. The first-order chi connectivity index (χ1) is 15.5. The van der Waals surface area contributed by atoms with Crippen LogP contribution in [-0.4, -0.2) is 36.4 Å². The number of benzene rings is 1. The van der Waals surface area contributed by atoms with Crippen molar-refractivity contribution in [1.29, 1.82) is 0 Å². The highest BCUT2D eigenvalue weighted by Crippen LogP contribution is 2.30. The molecule has 178 valence electrons. The minimum absolute atomic E-state index is 0.0870. The van der Waals surface area contributed by atoms with E-state index in [2.05, 4.69) is 19.1 Å². The number of epoxide rings is 1. The van der Waals surface area contributed by atoms with Gasteiger partial charge in [0.15, 0.2) is 11.5 Å². The van der Waals surface area contributed by atoms with Crippen LogP contribution in [-0.2, 0) is 9.53 Å². The number of rotatable bonds is 17. The van der Waals surface area contributed by atoms with Gasteiger partial charge in [0.2, 0.25) is 0 Å².